The molecular weight excluding hydrogens is 270 g/mol. The zero-order valence-corrected chi connectivity index (χ0v) is 12.6. The van der Waals surface area contributed by atoms with Crippen molar-refractivity contribution in [3.63, 3.8) is 0 Å². The molecule has 0 aliphatic rings. The Kier molecular flexibility index (Phi) is 7.20. The second-order valence-corrected chi connectivity index (χ2v) is 5.27. The number of aromatic nitrogens is 2. The van der Waals surface area contributed by atoms with Gasteiger partial charge in [-0.15, -0.1) is 16.7 Å². The van der Waals surface area contributed by atoms with Crippen molar-refractivity contribution in [1.82, 2.24) is 14.5 Å². The molecule has 1 rings (SSSR count). The average Bonchev–Trinajstić information content (AvgIpc) is 2.82. The van der Waals surface area contributed by atoms with Gasteiger partial charge >= 0.3 is 0 Å². The molecule has 0 spiro atoms. The van der Waals surface area contributed by atoms with Gasteiger partial charge in [0.05, 0.1) is 5.69 Å². The predicted molar refractivity (Wildman–Crippen MR) is 75.4 cm³/mol. The summed E-state index contributed by atoms with van der Waals surface area (Å²) >= 11 is 6.95. The van der Waals surface area contributed by atoms with Crippen LogP contribution in [-0.4, -0.2) is 39.4 Å². The highest BCUT2D eigenvalue weighted by Crippen LogP contribution is 2.16. The third-order valence-corrected chi connectivity index (χ3v) is 3.59. The average molecular weight is 290 g/mol. The van der Waals surface area contributed by atoms with Gasteiger partial charge in [0.25, 0.3) is 5.91 Å². The molecule has 1 heterocycles. The van der Waals surface area contributed by atoms with E-state index >= 15 is 0 Å². The minimum Gasteiger partial charge on any atom is -0.337 e. The fourth-order valence-corrected chi connectivity index (χ4v) is 2.56. The van der Waals surface area contributed by atoms with Gasteiger partial charge in [-0.3, -0.25) is 4.79 Å². The highest BCUT2D eigenvalue weighted by atomic mass is 35.5. The summed E-state index contributed by atoms with van der Waals surface area (Å²) in [7, 11) is 0. The van der Waals surface area contributed by atoms with E-state index in [-0.39, 0.29) is 5.91 Å². The molecule has 0 atom stereocenters. The Hall–Kier alpha value is -0.680. The molecule has 0 unspecified atom stereocenters. The predicted octanol–water partition coefficient (Wildman–Crippen LogP) is 2.97. The molecule has 0 aromatic carbocycles. The van der Waals surface area contributed by atoms with Gasteiger partial charge in [0.2, 0.25) is 0 Å². The summed E-state index contributed by atoms with van der Waals surface area (Å²) in [6.45, 7) is 5.52. The standard InChI is InChI=1S/C12H20ClN3OS/c1-3-5-8-16(9-7-13)12(17)11-10(6-4-2)14-15-18-11/h3-9H2,1-2H3. The Morgan fingerprint density at radius 2 is 2.11 bits per heavy atom. The number of nitrogens with zero attached hydrogens (tertiary/aromatic N) is 3. The lowest BCUT2D eigenvalue weighted by molar-refractivity contribution is 0.0767. The molecule has 1 aromatic heterocycles. The van der Waals surface area contributed by atoms with Crippen LogP contribution in [0.2, 0.25) is 0 Å². The molecule has 0 N–H and O–H groups in total. The van der Waals surface area contributed by atoms with Crippen molar-refractivity contribution < 1.29 is 4.79 Å². The van der Waals surface area contributed by atoms with Gasteiger partial charge in [-0.05, 0) is 24.4 Å². The fourth-order valence-electron chi connectivity index (χ4n) is 1.68. The van der Waals surface area contributed by atoms with Crippen LogP contribution < -0.4 is 0 Å². The number of hydrogen-bond donors (Lipinski definition) is 0. The van der Waals surface area contributed by atoms with Gasteiger partial charge in [0.15, 0.2) is 0 Å². The first-order valence-electron chi connectivity index (χ1n) is 6.41. The summed E-state index contributed by atoms with van der Waals surface area (Å²) in [6, 6.07) is 0. The lowest BCUT2D eigenvalue weighted by Crippen LogP contribution is -2.33. The largest absolute Gasteiger partial charge is 0.337 e. The SMILES string of the molecule is CCCCN(CCCl)C(=O)c1snnc1CCC. The lowest BCUT2D eigenvalue weighted by atomic mass is 10.2. The van der Waals surface area contributed by atoms with Gasteiger partial charge in [0.1, 0.15) is 4.88 Å². The molecule has 0 aliphatic heterocycles. The van der Waals surface area contributed by atoms with E-state index in [4.69, 9.17) is 11.6 Å². The second kappa shape index (κ2) is 8.43. The third-order valence-electron chi connectivity index (χ3n) is 2.66. The number of rotatable bonds is 8. The van der Waals surface area contributed by atoms with E-state index in [2.05, 4.69) is 23.4 Å². The molecule has 102 valence electrons. The number of halogens is 1. The van der Waals surface area contributed by atoms with Crippen LogP contribution >= 0.6 is 23.1 Å². The Morgan fingerprint density at radius 3 is 2.72 bits per heavy atom. The van der Waals surface area contributed by atoms with E-state index in [1.807, 2.05) is 4.90 Å². The zero-order valence-electron chi connectivity index (χ0n) is 11.0. The van der Waals surface area contributed by atoms with E-state index in [1.165, 1.54) is 11.5 Å². The highest BCUT2D eigenvalue weighted by Gasteiger charge is 2.21. The van der Waals surface area contributed by atoms with Gasteiger partial charge in [-0.1, -0.05) is 31.2 Å². The smallest absolute Gasteiger partial charge is 0.267 e. The number of amides is 1. The molecular formula is C12H20ClN3OS. The summed E-state index contributed by atoms with van der Waals surface area (Å²) in [5.41, 5.74) is 0.823. The maximum Gasteiger partial charge on any atom is 0.267 e. The van der Waals surface area contributed by atoms with E-state index < -0.39 is 0 Å². The minimum atomic E-state index is 0.0301. The maximum absolute atomic E-state index is 12.4. The lowest BCUT2D eigenvalue weighted by Gasteiger charge is -2.20. The molecule has 18 heavy (non-hydrogen) atoms. The van der Waals surface area contributed by atoms with Crippen molar-refractivity contribution in [3.05, 3.63) is 10.6 Å². The zero-order chi connectivity index (χ0) is 13.4. The molecule has 0 saturated carbocycles. The van der Waals surface area contributed by atoms with E-state index in [1.54, 1.807) is 0 Å². The monoisotopic (exact) mass is 289 g/mol. The summed E-state index contributed by atoms with van der Waals surface area (Å²) in [5, 5.41) is 4.04. The van der Waals surface area contributed by atoms with Crippen LogP contribution in [0.1, 0.15) is 48.5 Å². The van der Waals surface area contributed by atoms with Gasteiger partial charge < -0.3 is 4.90 Å². The highest BCUT2D eigenvalue weighted by molar-refractivity contribution is 7.08. The van der Waals surface area contributed by atoms with E-state index in [9.17, 15) is 4.79 Å². The van der Waals surface area contributed by atoms with Crippen LogP contribution in [0.5, 0.6) is 0 Å². The second-order valence-electron chi connectivity index (χ2n) is 4.13. The first-order valence-corrected chi connectivity index (χ1v) is 7.71. The molecule has 0 aliphatic carbocycles. The van der Waals surface area contributed by atoms with Crippen molar-refractivity contribution >= 4 is 29.0 Å². The summed E-state index contributed by atoms with van der Waals surface area (Å²) in [4.78, 5) is 14.9. The summed E-state index contributed by atoms with van der Waals surface area (Å²) in [6.07, 6.45) is 3.84. The fraction of sp³-hybridized carbons (Fsp3) is 0.750. The van der Waals surface area contributed by atoms with Gasteiger partial charge in [-0.2, -0.15) is 0 Å². The topological polar surface area (TPSA) is 46.1 Å². The summed E-state index contributed by atoms with van der Waals surface area (Å²) < 4.78 is 3.90. The number of carbonyl (C=O) groups is 1. The van der Waals surface area contributed by atoms with Crippen molar-refractivity contribution in [2.45, 2.75) is 39.5 Å². The number of alkyl halides is 1. The Labute approximate surface area is 117 Å². The van der Waals surface area contributed by atoms with Crippen molar-refractivity contribution in [2.24, 2.45) is 0 Å². The van der Waals surface area contributed by atoms with Crippen LogP contribution in [0, 0.1) is 0 Å². The minimum absolute atomic E-state index is 0.0301. The van der Waals surface area contributed by atoms with Crippen molar-refractivity contribution in [3.8, 4) is 0 Å². The normalized spacial score (nSPS) is 10.6. The van der Waals surface area contributed by atoms with Crippen LogP contribution in [0.4, 0.5) is 0 Å². The molecule has 6 heteroatoms. The maximum atomic E-state index is 12.4. The Balaban J connectivity index is 2.77. The van der Waals surface area contributed by atoms with E-state index in [0.717, 1.165) is 37.9 Å². The molecule has 1 aromatic rings. The number of unbranched alkanes of at least 4 members (excludes halogenated alkanes) is 1. The molecule has 0 radical (unpaired) electrons. The molecule has 4 nitrogen and oxygen atoms in total. The van der Waals surface area contributed by atoms with Gasteiger partial charge in [-0.25, -0.2) is 0 Å². The quantitative estimate of drug-likeness (QED) is 0.691. The number of aryl methyl sites for hydroxylation is 1. The molecule has 1 amide bonds. The molecule has 0 fully saturated rings. The first kappa shape index (κ1) is 15.4. The van der Waals surface area contributed by atoms with Crippen LogP contribution in [0.25, 0.3) is 0 Å². The number of carbonyl (C=O) groups excluding carboxylic acids is 1. The molecule has 0 bridgehead atoms. The van der Waals surface area contributed by atoms with Crippen molar-refractivity contribution in [2.75, 3.05) is 19.0 Å². The Bertz CT molecular complexity index is 370. The number of hydrogen-bond acceptors (Lipinski definition) is 4. The van der Waals surface area contributed by atoms with Crippen molar-refractivity contribution in [1.29, 1.82) is 0 Å². The van der Waals surface area contributed by atoms with Crippen LogP contribution in [-0.2, 0) is 6.42 Å². The third kappa shape index (κ3) is 4.21. The van der Waals surface area contributed by atoms with Gasteiger partial charge in [0, 0.05) is 19.0 Å². The molecule has 0 saturated heterocycles. The van der Waals surface area contributed by atoms with Crippen LogP contribution in [0.15, 0.2) is 0 Å². The summed E-state index contributed by atoms with van der Waals surface area (Å²) in [5.74, 6) is 0.493. The Morgan fingerprint density at radius 1 is 1.33 bits per heavy atom. The first-order chi connectivity index (χ1) is 8.74. The van der Waals surface area contributed by atoms with Crippen LogP contribution in [0.3, 0.4) is 0 Å². The van der Waals surface area contributed by atoms with E-state index in [0.29, 0.717) is 17.3 Å².